The van der Waals surface area contributed by atoms with E-state index < -0.39 is 23.8 Å². The van der Waals surface area contributed by atoms with Crippen LogP contribution in [0.2, 0.25) is 0 Å². The third-order valence-corrected chi connectivity index (χ3v) is 2.42. The second-order valence-corrected chi connectivity index (χ2v) is 3.57. The zero-order valence-corrected chi connectivity index (χ0v) is 8.28. The molecule has 0 aliphatic rings. The van der Waals surface area contributed by atoms with Gasteiger partial charge in [-0.05, 0) is 5.92 Å². The summed E-state index contributed by atoms with van der Waals surface area (Å²) in [6, 6.07) is 0. The van der Waals surface area contributed by atoms with Crippen molar-refractivity contribution < 1.29 is 19.8 Å². The number of hydrogen-bond acceptors (Lipinski definition) is 2. The second-order valence-electron chi connectivity index (χ2n) is 3.57. The molecule has 0 fully saturated rings. The van der Waals surface area contributed by atoms with E-state index in [9.17, 15) is 9.59 Å². The van der Waals surface area contributed by atoms with Gasteiger partial charge >= 0.3 is 11.9 Å². The molecule has 1 atom stereocenters. The highest BCUT2D eigenvalue weighted by molar-refractivity contribution is 5.82. The summed E-state index contributed by atoms with van der Waals surface area (Å²) in [7, 11) is 0. The van der Waals surface area contributed by atoms with E-state index in [4.69, 9.17) is 16.6 Å². The van der Waals surface area contributed by atoms with Crippen molar-refractivity contribution in [3.05, 3.63) is 0 Å². The summed E-state index contributed by atoms with van der Waals surface area (Å²) in [6.45, 7) is 3.32. The molecule has 0 spiro atoms. The molecule has 0 aliphatic heterocycles. The molecule has 0 aliphatic carbocycles. The molecule has 4 heteroatoms. The summed E-state index contributed by atoms with van der Waals surface area (Å²) >= 11 is 0. The summed E-state index contributed by atoms with van der Waals surface area (Å²) in [6.07, 6.45) is 4.56. The highest BCUT2D eigenvalue weighted by Gasteiger charge is 2.43. The van der Waals surface area contributed by atoms with E-state index in [1.54, 1.807) is 13.8 Å². The van der Waals surface area contributed by atoms with Crippen LogP contribution >= 0.6 is 0 Å². The maximum absolute atomic E-state index is 11.0. The van der Waals surface area contributed by atoms with E-state index in [0.29, 0.717) is 0 Å². The van der Waals surface area contributed by atoms with Crippen molar-refractivity contribution in [3.63, 3.8) is 0 Å². The molecular weight excluding hydrogens is 184 g/mol. The quantitative estimate of drug-likeness (QED) is 0.651. The van der Waals surface area contributed by atoms with Gasteiger partial charge in [0.25, 0.3) is 0 Å². The number of carboxylic acid groups (broad SMARTS) is 2. The smallest absolute Gasteiger partial charge is 0.311 e. The Hall–Kier alpha value is -1.50. The van der Waals surface area contributed by atoms with E-state index in [2.05, 4.69) is 5.92 Å². The monoisotopic (exact) mass is 198 g/mol. The molecule has 0 rings (SSSR count). The predicted octanol–water partition coefficient (Wildman–Crippen LogP) is 1.21. The lowest BCUT2D eigenvalue weighted by atomic mass is 9.72. The zero-order chi connectivity index (χ0) is 11.4. The van der Waals surface area contributed by atoms with Crippen LogP contribution in [0.3, 0.4) is 0 Å². The van der Waals surface area contributed by atoms with Crippen molar-refractivity contribution in [2.75, 3.05) is 0 Å². The summed E-state index contributed by atoms with van der Waals surface area (Å²) in [5, 5.41) is 17.7. The van der Waals surface area contributed by atoms with E-state index in [0.717, 1.165) is 0 Å². The fraction of sp³-hybridized carbons (Fsp3) is 0.600. The van der Waals surface area contributed by atoms with Crippen molar-refractivity contribution in [2.24, 2.45) is 11.3 Å². The van der Waals surface area contributed by atoms with E-state index in [-0.39, 0.29) is 12.3 Å². The standard InChI is InChI=1S/C10H14O4/c1-4-5-10(7(2)3,9(13)14)6-8(11)12/h1,7H,5-6H2,2-3H3,(H,11,12)(H,13,14). The molecule has 0 saturated heterocycles. The highest BCUT2D eigenvalue weighted by atomic mass is 16.4. The fourth-order valence-electron chi connectivity index (χ4n) is 1.32. The van der Waals surface area contributed by atoms with E-state index >= 15 is 0 Å². The number of terminal acetylenes is 1. The van der Waals surface area contributed by atoms with Crippen LogP contribution in [-0.4, -0.2) is 22.2 Å². The highest BCUT2D eigenvalue weighted by Crippen LogP contribution is 2.35. The minimum atomic E-state index is -1.35. The largest absolute Gasteiger partial charge is 0.481 e. The summed E-state index contributed by atoms with van der Waals surface area (Å²) in [4.78, 5) is 21.6. The van der Waals surface area contributed by atoms with Gasteiger partial charge in [0.15, 0.2) is 0 Å². The SMILES string of the molecule is C#CCC(CC(=O)O)(C(=O)O)C(C)C. The average molecular weight is 198 g/mol. The number of rotatable bonds is 5. The Morgan fingerprint density at radius 2 is 1.93 bits per heavy atom. The molecule has 78 valence electrons. The number of hydrogen-bond donors (Lipinski definition) is 2. The Morgan fingerprint density at radius 1 is 1.43 bits per heavy atom. The number of carboxylic acids is 2. The molecule has 0 aromatic rings. The van der Waals surface area contributed by atoms with Crippen LogP contribution in [0.25, 0.3) is 0 Å². The van der Waals surface area contributed by atoms with Crippen LogP contribution in [0, 0.1) is 23.7 Å². The zero-order valence-electron chi connectivity index (χ0n) is 8.28. The van der Waals surface area contributed by atoms with Crippen molar-refractivity contribution in [1.29, 1.82) is 0 Å². The van der Waals surface area contributed by atoms with Gasteiger partial charge in [-0.25, -0.2) is 0 Å². The molecular formula is C10H14O4. The molecule has 14 heavy (non-hydrogen) atoms. The van der Waals surface area contributed by atoms with Gasteiger partial charge in [0.05, 0.1) is 11.8 Å². The van der Waals surface area contributed by atoms with Gasteiger partial charge in [-0.3, -0.25) is 9.59 Å². The van der Waals surface area contributed by atoms with Gasteiger partial charge < -0.3 is 10.2 Å². The third kappa shape index (κ3) is 2.49. The van der Waals surface area contributed by atoms with Crippen LogP contribution in [0.5, 0.6) is 0 Å². The van der Waals surface area contributed by atoms with Crippen molar-refractivity contribution >= 4 is 11.9 Å². The van der Waals surface area contributed by atoms with Gasteiger partial charge in [0.2, 0.25) is 0 Å². The first-order valence-electron chi connectivity index (χ1n) is 4.25. The van der Waals surface area contributed by atoms with Gasteiger partial charge in [0.1, 0.15) is 0 Å². The first-order chi connectivity index (χ1) is 6.36. The normalized spacial score (nSPS) is 14.4. The molecule has 0 saturated carbocycles. The van der Waals surface area contributed by atoms with Crippen molar-refractivity contribution in [1.82, 2.24) is 0 Å². The molecule has 0 aromatic heterocycles. The molecule has 0 radical (unpaired) electrons. The minimum Gasteiger partial charge on any atom is -0.481 e. The first-order valence-corrected chi connectivity index (χ1v) is 4.25. The van der Waals surface area contributed by atoms with Crippen LogP contribution in [-0.2, 0) is 9.59 Å². The Kier molecular flexibility index (Phi) is 4.16. The molecule has 0 heterocycles. The molecule has 0 aromatic carbocycles. The van der Waals surface area contributed by atoms with Gasteiger partial charge in [-0.15, -0.1) is 12.3 Å². The lowest BCUT2D eigenvalue weighted by Gasteiger charge is -2.29. The second kappa shape index (κ2) is 4.66. The van der Waals surface area contributed by atoms with E-state index in [1.807, 2.05) is 0 Å². The topological polar surface area (TPSA) is 74.6 Å². The van der Waals surface area contributed by atoms with Gasteiger partial charge in [0, 0.05) is 6.42 Å². The number of carbonyl (C=O) groups is 2. The first kappa shape index (κ1) is 12.5. The third-order valence-electron chi connectivity index (χ3n) is 2.42. The fourth-order valence-corrected chi connectivity index (χ4v) is 1.32. The van der Waals surface area contributed by atoms with Gasteiger partial charge in [-0.2, -0.15) is 0 Å². The van der Waals surface area contributed by atoms with Crippen LogP contribution < -0.4 is 0 Å². The molecule has 2 N–H and O–H groups in total. The van der Waals surface area contributed by atoms with Crippen molar-refractivity contribution in [2.45, 2.75) is 26.7 Å². The van der Waals surface area contributed by atoms with Gasteiger partial charge in [-0.1, -0.05) is 13.8 Å². The lowest BCUT2D eigenvalue weighted by molar-refractivity contribution is -0.158. The Labute approximate surface area is 82.9 Å². The summed E-state index contributed by atoms with van der Waals surface area (Å²) in [5.74, 6) is -0.368. The predicted molar refractivity (Wildman–Crippen MR) is 50.6 cm³/mol. The number of aliphatic carboxylic acids is 2. The summed E-state index contributed by atoms with van der Waals surface area (Å²) in [5.41, 5.74) is -1.35. The summed E-state index contributed by atoms with van der Waals surface area (Å²) < 4.78 is 0. The Balaban J connectivity index is 5.06. The Morgan fingerprint density at radius 3 is 2.14 bits per heavy atom. The molecule has 1 unspecified atom stereocenters. The van der Waals surface area contributed by atoms with Crippen LogP contribution in [0.15, 0.2) is 0 Å². The minimum absolute atomic E-state index is 0.0632. The maximum Gasteiger partial charge on any atom is 0.311 e. The maximum atomic E-state index is 11.0. The van der Waals surface area contributed by atoms with Crippen LogP contribution in [0.4, 0.5) is 0 Å². The molecule has 0 amide bonds. The Bertz CT molecular complexity index is 274. The van der Waals surface area contributed by atoms with E-state index in [1.165, 1.54) is 0 Å². The van der Waals surface area contributed by atoms with Crippen molar-refractivity contribution in [3.8, 4) is 12.3 Å². The molecule has 4 nitrogen and oxygen atoms in total. The average Bonchev–Trinajstić information content (AvgIpc) is 2.01. The molecule has 0 bridgehead atoms. The van der Waals surface area contributed by atoms with Crippen LogP contribution in [0.1, 0.15) is 26.7 Å². The lowest BCUT2D eigenvalue weighted by Crippen LogP contribution is -2.38.